The Balaban J connectivity index is 0. The van der Waals surface area contributed by atoms with Crippen molar-refractivity contribution in [3.63, 3.8) is 0 Å². The van der Waals surface area contributed by atoms with Gasteiger partial charge in [-0.15, -0.1) is 24.0 Å². The Morgan fingerprint density at radius 2 is 1.64 bits per heavy atom. The van der Waals surface area contributed by atoms with Crippen LogP contribution in [0.2, 0.25) is 0 Å². The molecule has 0 amide bonds. The smallest absolute Gasteiger partial charge is 0 e. The van der Waals surface area contributed by atoms with Crippen LogP contribution >= 0.6 is 24.0 Å². The van der Waals surface area contributed by atoms with Crippen molar-refractivity contribution in [2.45, 2.75) is 98.3 Å². The lowest BCUT2D eigenvalue weighted by atomic mass is 9.43. The third-order valence-electron chi connectivity index (χ3n) is 8.65. The minimum absolute atomic E-state index is 0. The molecule has 0 aromatic rings. The molecule has 2 N–H and O–H groups in total. The van der Waals surface area contributed by atoms with Crippen molar-refractivity contribution in [1.29, 1.82) is 0 Å². The highest BCUT2D eigenvalue weighted by Crippen LogP contribution is 2.65. The average molecular weight is 467 g/mol. The van der Waals surface area contributed by atoms with E-state index in [2.05, 4.69) is 20.4 Å². The van der Waals surface area contributed by atoms with E-state index in [4.69, 9.17) is 0 Å². The van der Waals surface area contributed by atoms with Crippen LogP contribution in [-0.2, 0) is 0 Å². The van der Waals surface area contributed by atoms with E-state index >= 15 is 0 Å². The third-order valence-corrected chi connectivity index (χ3v) is 8.65. The molecule has 4 aliphatic rings. The van der Waals surface area contributed by atoms with Gasteiger partial charge in [0.25, 0.3) is 0 Å². The van der Waals surface area contributed by atoms with E-state index in [0.29, 0.717) is 10.8 Å². The van der Waals surface area contributed by atoms with Crippen molar-refractivity contribution in [3.05, 3.63) is 12.2 Å². The third kappa shape index (κ3) is 4.00. The van der Waals surface area contributed by atoms with E-state index in [9.17, 15) is 0 Å². The maximum absolute atomic E-state index is 4.32. The average Bonchev–Trinajstić information content (AvgIpc) is 2.56. The zero-order chi connectivity index (χ0) is 16.7. The number of fused-ring (bicyclic) bond motifs is 5. The summed E-state index contributed by atoms with van der Waals surface area (Å²) in [4.78, 5) is 0. The van der Waals surface area contributed by atoms with Gasteiger partial charge in [0.15, 0.2) is 0 Å². The van der Waals surface area contributed by atoms with Gasteiger partial charge in [-0.2, -0.15) is 0 Å². The minimum atomic E-state index is 0. The molecular weight excluding hydrogens is 419 g/mol. The highest BCUT2D eigenvalue weighted by atomic mass is 127. The standard InChI is InChI=1S/C21H34.C2H6.HI.H2O.2H2/c1-15-9-13-21(3)16(14-15)7-8-17-18-6-4-5-11-20(18,2)12-10-19(17)21;1-2;;;;/h16-19H,1,4-14H2,2-3H3;1-2H3;1H;1H2;2*1H. The van der Waals surface area contributed by atoms with E-state index in [1.165, 1.54) is 57.8 Å². The first kappa shape index (κ1) is 23.5. The van der Waals surface area contributed by atoms with Crippen molar-refractivity contribution < 1.29 is 8.33 Å². The summed E-state index contributed by atoms with van der Waals surface area (Å²) in [7, 11) is 0. The van der Waals surface area contributed by atoms with Gasteiger partial charge in [-0.3, -0.25) is 0 Å². The highest BCUT2D eigenvalue weighted by Gasteiger charge is 2.56. The Bertz CT molecular complexity index is 458. The van der Waals surface area contributed by atoms with Gasteiger partial charge in [-0.1, -0.05) is 52.7 Å². The zero-order valence-electron chi connectivity index (χ0n) is 17.2. The first-order chi connectivity index (χ1) is 11.0. The van der Waals surface area contributed by atoms with Crippen LogP contribution < -0.4 is 0 Å². The number of rotatable bonds is 0. The molecule has 4 fully saturated rings. The quantitative estimate of drug-likeness (QED) is 0.259. The minimum Gasteiger partial charge on any atom is -0.412 e. The lowest BCUT2D eigenvalue weighted by Gasteiger charge is -2.62. The van der Waals surface area contributed by atoms with E-state index in [1.54, 1.807) is 18.4 Å². The van der Waals surface area contributed by atoms with Crippen LogP contribution in [0.25, 0.3) is 0 Å². The predicted molar refractivity (Wildman–Crippen MR) is 125 cm³/mol. The van der Waals surface area contributed by atoms with Crippen molar-refractivity contribution in [2.24, 2.45) is 34.5 Å². The normalized spacial score (nSPS) is 45.2. The molecule has 4 aliphatic carbocycles. The molecule has 0 heterocycles. The molecule has 0 aliphatic heterocycles. The van der Waals surface area contributed by atoms with E-state index in [0.717, 1.165) is 23.7 Å². The van der Waals surface area contributed by atoms with Crippen molar-refractivity contribution in [1.82, 2.24) is 0 Å². The lowest BCUT2D eigenvalue weighted by molar-refractivity contribution is -0.118. The van der Waals surface area contributed by atoms with Crippen LogP contribution in [-0.4, -0.2) is 5.48 Å². The number of allylic oxidation sites excluding steroid dienone is 1. The van der Waals surface area contributed by atoms with Crippen LogP contribution in [0.4, 0.5) is 0 Å². The van der Waals surface area contributed by atoms with Crippen molar-refractivity contribution >= 4 is 24.0 Å². The molecule has 25 heavy (non-hydrogen) atoms. The topological polar surface area (TPSA) is 31.5 Å². The molecule has 0 saturated heterocycles. The molecule has 6 unspecified atom stereocenters. The summed E-state index contributed by atoms with van der Waals surface area (Å²) in [5.41, 5.74) is 2.92. The highest BCUT2D eigenvalue weighted by molar-refractivity contribution is 14.0. The fraction of sp³-hybridized carbons (Fsp3) is 0.913. The SMILES string of the molecule is C=C1CCC2(C)C(CCC3C4CCCCC4(C)CCC32)C1.CC.I.O.[HH].[HH]. The van der Waals surface area contributed by atoms with Crippen molar-refractivity contribution in [2.75, 3.05) is 0 Å². The Morgan fingerprint density at radius 1 is 0.920 bits per heavy atom. The molecule has 1 nitrogen and oxygen atoms in total. The summed E-state index contributed by atoms with van der Waals surface area (Å²) < 4.78 is 0. The maximum Gasteiger partial charge on any atom is 0 e. The van der Waals surface area contributed by atoms with Gasteiger partial charge in [-0.05, 0) is 92.3 Å². The monoisotopic (exact) mass is 466 g/mol. The van der Waals surface area contributed by atoms with Crippen LogP contribution in [0.15, 0.2) is 12.2 Å². The van der Waals surface area contributed by atoms with Crippen LogP contribution in [0, 0.1) is 34.5 Å². The Morgan fingerprint density at radius 3 is 2.36 bits per heavy atom. The van der Waals surface area contributed by atoms with E-state index < -0.39 is 0 Å². The molecule has 6 atom stereocenters. The first-order valence-electron chi connectivity index (χ1n) is 10.7. The molecule has 2 heteroatoms. The Kier molecular flexibility index (Phi) is 8.52. The number of hydrogen-bond acceptors (Lipinski definition) is 0. The van der Waals surface area contributed by atoms with Gasteiger partial charge in [0.1, 0.15) is 0 Å². The van der Waals surface area contributed by atoms with Crippen molar-refractivity contribution in [3.8, 4) is 0 Å². The molecule has 4 saturated carbocycles. The molecule has 0 radical (unpaired) electrons. The van der Waals surface area contributed by atoms with Gasteiger partial charge in [-0.25, -0.2) is 0 Å². The predicted octanol–water partition coefficient (Wildman–Crippen LogP) is 7.68. The fourth-order valence-corrected chi connectivity index (χ4v) is 7.32. The summed E-state index contributed by atoms with van der Waals surface area (Å²) in [6, 6.07) is 0. The lowest BCUT2D eigenvalue weighted by Crippen LogP contribution is -2.53. The second-order valence-electron chi connectivity index (χ2n) is 9.55. The second kappa shape index (κ2) is 9.08. The Labute approximate surface area is 177 Å². The fourth-order valence-electron chi connectivity index (χ4n) is 7.32. The van der Waals surface area contributed by atoms with Crippen LogP contribution in [0.1, 0.15) is 101 Å². The van der Waals surface area contributed by atoms with E-state index in [1.807, 2.05) is 13.8 Å². The second-order valence-corrected chi connectivity index (χ2v) is 9.55. The summed E-state index contributed by atoms with van der Waals surface area (Å²) in [6.45, 7) is 13.6. The largest absolute Gasteiger partial charge is 0.412 e. The molecule has 4 rings (SSSR count). The van der Waals surface area contributed by atoms with Gasteiger partial charge in [0.2, 0.25) is 0 Å². The first-order valence-corrected chi connectivity index (χ1v) is 10.7. The Hall–Kier alpha value is 0.430. The summed E-state index contributed by atoms with van der Waals surface area (Å²) in [5, 5.41) is 0. The number of hydrogen-bond donors (Lipinski definition) is 0. The summed E-state index contributed by atoms with van der Waals surface area (Å²) in [6.07, 6.45) is 16.3. The summed E-state index contributed by atoms with van der Waals surface area (Å²) >= 11 is 0. The zero-order valence-corrected chi connectivity index (χ0v) is 19.5. The van der Waals surface area contributed by atoms with Gasteiger partial charge in [0.05, 0.1) is 0 Å². The van der Waals surface area contributed by atoms with Crippen LogP contribution in [0.3, 0.4) is 0 Å². The molecule has 0 bridgehead atoms. The summed E-state index contributed by atoms with van der Waals surface area (Å²) in [5.74, 6) is 4.14. The van der Waals surface area contributed by atoms with Gasteiger partial charge >= 0.3 is 0 Å². The molecule has 0 spiro atoms. The number of halogens is 1. The maximum atomic E-state index is 4.32. The van der Waals surface area contributed by atoms with Gasteiger partial charge in [0, 0.05) is 2.85 Å². The molecular formula is C23H47IO. The van der Waals surface area contributed by atoms with Gasteiger partial charge < -0.3 is 5.48 Å². The molecule has 152 valence electrons. The molecule has 0 aromatic heterocycles. The van der Waals surface area contributed by atoms with E-state index in [-0.39, 0.29) is 32.3 Å². The van der Waals surface area contributed by atoms with Crippen LogP contribution in [0.5, 0.6) is 0 Å². The molecule has 0 aromatic carbocycles.